The van der Waals surface area contributed by atoms with Gasteiger partial charge in [0.1, 0.15) is 0 Å². The van der Waals surface area contributed by atoms with Crippen molar-refractivity contribution in [1.82, 2.24) is 14.8 Å². The standard InChI is InChI=1S/C29H47N5O2/c1-7-8-9-10-11-12-13-14-15-16-20-26-30-28(34(33-26)23(6)35)32-29(36)31-27-24(21(2)3)18-17-19-25(27)22(4)5/h17-19,21-22H,7-16,20H2,1-6H3,(H2,30,31,32,33,36). The van der Waals surface area contributed by atoms with Gasteiger partial charge in [0.15, 0.2) is 5.82 Å². The Balaban J connectivity index is 1.93. The highest BCUT2D eigenvalue weighted by atomic mass is 16.2. The summed E-state index contributed by atoms with van der Waals surface area (Å²) in [7, 11) is 0. The monoisotopic (exact) mass is 497 g/mol. The van der Waals surface area contributed by atoms with Gasteiger partial charge in [-0.3, -0.25) is 10.1 Å². The van der Waals surface area contributed by atoms with Gasteiger partial charge in [0.05, 0.1) is 0 Å². The van der Waals surface area contributed by atoms with Gasteiger partial charge in [-0.1, -0.05) is 111 Å². The first-order valence-electron chi connectivity index (χ1n) is 13.9. The summed E-state index contributed by atoms with van der Waals surface area (Å²) in [4.78, 5) is 29.5. The molecule has 1 aromatic heterocycles. The first-order chi connectivity index (χ1) is 17.2. The molecular formula is C29H47N5O2. The molecular weight excluding hydrogens is 450 g/mol. The summed E-state index contributed by atoms with van der Waals surface area (Å²) in [5.41, 5.74) is 2.97. The number of aryl methyl sites for hydroxylation is 1. The molecule has 0 unspecified atom stereocenters. The SMILES string of the molecule is CCCCCCCCCCCCc1nc(NC(=O)Nc2c(C(C)C)cccc2C(C)C)n(C(C)=O)n1. The van der Waals surface area contributed by atoms with Gasteiger partial charge < -0.3 is 5.32 Å². The molecule has 0 aliphatic heterocycles. The van der Waals surface area contributed by atoms with E-state index in [9.17, 15) is 9.59 Å². The van der Waals surface area contributed by atoms with Gasteiger partial charge >= 0.3 is 6.03 Å². The van der Waals surface area contributed by atoms with Gasteiger partial charge in [0.2, 0.25) is 11.9 Å². The molecule has 2 rings (SSSR count). The van der Waals surface area contributed by atoms with Crippen LogP contribution in [0.1, 0.15) is 139 Å². The van der Waals surface area contributed by atoms with Crippen molar-refractivity contribution in [2.45, 2.75) is 124 Å². The van der Waals surface area contributed by atoms with Crippen molar-refractivity contribution in [3.63, 3.8) is 0 Å². The second kappa shape index (κ2) is 15.4. The molecule has 0 fully saturated rings. The van der Waals surface area contributed by atoms with E-state index in [-0.39, 0.29) is 23.7 Å². The van der Waals surface area contributed by atoms with Crippen LogP contribution in [0.3, 0.4) is 0 Å². The molecule has 0 aliphatic carbocycles. The van der Waals surface area contributed by atoms with Crippen LogP contribution in [-0.4, -0.2) is 26.7 Å². The summed E-state index contributed by atoms with van der Waals surface area (Å²) in [6.45, 7) is 12.1. The van der Waals surface area contributed by atoms with E-state index >= 15 is 0 Å². The molecule has 1 heterocycles. The minimum atomic E-state index is -0.426. The number of carbonyl (C=O) groups is 2. The maximum absolute atomic E-state index is 12.9. The number of amides is 2. The zero-order valence-electron chi connectivity index (χ0n) is 23.3. The molecule has 0 saturated heterocycles. The van der Waals surface area contributed by atoms with Gasteiger partial charge in [0, 0.05) is 19.0 Å². The fourth-order valence-corrected chi connectivity index (χ4v) is 4.47. The fraction of sp³-hybridized carbons (Fsp3) is 0.655. The Morgan fingerprint density at radius 3 is 1.86 bits per heavy atom. The molecule has 36 heavy (non-hydrogen) atoms. The third-order valence-electron chi connectivity index (χ3n) is 6.54. The smallest absolute Gasteiger partial charge is 0.307 e. The van der Waals surface area contributed by atoms with Crippen LogP contribution in [-0.2, 0) is 6.42 Å². The predicted octanol–water partition coefficient (Wildman–Crippen LogP) is 8.29. The van der Waals surface area contributed by atoms with Crippen LogP contribution in [0.2, 0.25) is 0 Å². The van der Waals surface area contributed by atoms with Crippen molar-refractivity contribution in [1.29, 1.82) is 0 Å². The van der Waals surface area contributed by atoms with E-state index in [1.54, 1.807) is 0 Å². The molecule has 2 aromatic rings. The van der Waals surface area contributed by atoms with E-state index in [2.05, 4.69) is 55.3 Å². The van der Waals surface area contributed by atoms with Crippen molar-refractivity contribution in [2.24, 2.45) is 0 Å². The highest BCUT2D eigenvalue weighted by Crippen LogP contribution is 2.32. The van der Waals surface area contributed by atoms with Crippen LogP contribution in [0.15, 0.2) is 18.2 Å². The average molecular weight is 498 g/mol. The summed E-state index contributed by atoms with van der Waals surface area (Å²) in [6, 6.07) is 5.68. The van der Waals surface area contributed by atoms with Crippen LogP contribution in [0, 0.1) is 0 Å². The summed E-state index contributed by atoms with van der Waals surface area (Å²) in [6.07, 6.45) is 13.3. The first-order valence-corrected chi connectivity index (χ1v) is 13.9. The van der Waals surface area contributed by atoms with Crippen LogP contribution in [0.25, 0.3) is 0 Å². The molecule has 2 N–H and O–H groups in total. The summed E-state index contributed by atoms with van der Waals surface area (Å²) in [5, 5.41) is 10.1. The first kappa shape index (κ1) is 29.5. The van der Waals surface area contributed by atoms with Crippen molar-refractivity contribution >= 4 is 23.6 Å². The molecule has 0 aliphatic rings. The number of aromatic nitrogens is 3. The number of rotatable bonds is 15. The number of unbranched alkanes of at least 4 members (excludes halogenated alkanes) is 9. The highest BCUT2D eigenvalue weighted by molar-refractivity contribution is 6.00. The summed E-state index contributed by atoms with van der Waals surface area (Å²) >= 11 is 0. The number of para-hydroxylation sites is 1. The number of benzene rings is 1. The van der Waals surface area contributed by atoms with Gasteiger partial charge in [-0.15, -0.1) is 5.10 Å². The number of hydrogen-bond acceptors (Lipinski definition) is 4. The topological polar surface area (TPSA) is 88.9 Å². The highest BCUT2D eigenvalue weighted by Gasteiger charge is 2.19. The van der Waals surface area contributed by atoms with Gasteiger partial charge in [-0.2, -0.15) is 9.67 Å². The van der Waals surface area contributed by atoms with E-state index in [1.165, 1.54) is 63.0 Å². The maximum Gasteiger partial charge on any atom is 0.326 e. The van der Waals surface area contributed by atoms with Crippen molar-refractivity contribution in [3.05, 3.63) is 35.2 Å². The number of nitrogens with zero attached hydrogens (tertiary/aromatic N) is 3. The number of carbonyl (C=O) groups excluding carboxylic acids is 2. The Morgan fingerprint density at radius 1 is 0.833 bits per heavy atom. The quantitative estimate of drug-likeness (QED) is 0.242. The Labute approximate surface area is 217 Å². The zero-order valence-corrected chi connectivity index (χ0v) is 23.3. The number of urea groups is 1. The molecule has 7 nitrogen and oxygen atoms in total. The lowest BCUT2D eigenvalue weighted by Crippen LogP contribution is -2.25. The van der Waals surface area contributed by atoms with E-state index < -0.39 is 6.03 Å². The molecule has 7 heteroatoms. The van der Waals surface area contributed by atoms with Crippen LogP contribution >= 0.6 is 0 Å². The average Bonchev–Trinajstić information content (AvgIpc) is 3.22. The lowest BCUT2D eigenvalue weighted by Gasteiger charge is -2.20. The molecule has 1 aromatic carbocycles. The van der Waals surface area contributed by atoms with Crippen LogP contribution in [0.4, 0.5) is 16.4 Å². The largest absolute Gasteiger partial charge is 0.326 e. The second-order valence-corrected chi connectivity index (χ2v) is 10.4. The fourth-order valence-electron chi connectivity index (χ4n) is 4.47. The number of hydrogen-bond donors (Lipinski definition) is 2. The van der Waals surface area contributed by atoms with E-state index in [0.29, 0.717) is 12.2 Å². The van der Waals surface area contributed by atoms with E-state index in [1.807, 2.05) is 18.2 Å². The third-order valence-corrected chi connectivity index (χ3v) is 6.54. The summed E-state index contributed by atoms with van der Waals surface area (Å²) < 4.78 is 1.18. The van der Waals surface area contributed by atoms with Crippen molar-refractivity contribution in [3.8, 4) is 0 Å². The van der Waals surface area contributed by atoms with Gasteiger partial charge in [-0.05, 0) is 29.4 Å². The summed E-state index contributed by atoms with van der Waals surface area (Å²) in [5.74, 6) is 0.985. The Bertz CT molecular complexity index is 938. The minimum Gasteiger partial charge on any atom is -0.307 e. The van der Waals surface area contributed by atoms with Gasteiger partial charge in [0.25, 0.3) is 0 Å². The molecule has 200 valence electrons. The minimum absolute atomic E-state index is 0.162. The number of nitrogens with one attached hydrogen (secondary N) is 2. The molecule has 0 bridgehead atoms. The zero-order chi connectivity index (χ0) is 26.5. The predicted molar refractivity (Wildman–Crippen MR) is 149 cm³/mol. The van der Waals surface area contributed by atoms with E-state index in [4.69, 9.17) is 0 Å². The molecule has 0 saturated carbocycles. The molecule has 0 radical (unpaired) electrons. The van der Waals surface area contributed by atoms with Crippen molar-refractivity contribution in [2.75, 3.05) is 10.6 Å². The molecule has 0 atom stereocenters. The third kappa shape index (κ3) is 9.40. The normalized spacial score (nSPS) is 11.3. The lowest BCUT2D eigenvalue weighted by atomic mass is 9.93. The molecule has 0 spiro atoms. The maximum atomic E-state index is 12.9. The lowest BCUT2D eigenvalue weighted by molar-refractivity contribution is 0.0923. The Hall–Kier alpha value is -2.70. The number of anilines is 2. The Morgan fingerprint density at radius 2 is 1.36 bits per heavy atom. The van der Waals surface area contributed by atoms with Gasteiger partial charge in [-0.25, -0.2) is 4.79 Å². The van der Waals surface area contributed by atoms with E-state index in [0.717, 1.165) is 29.7 Å². The van der Waals surface area contributed by atoms with Crippen molar-refractivity contribution < 1.29 is 9.59 Å². The Kier molecular flexibility index (Phi) is 12.6. The van der Waals surface area contributed by atoms with Crippen LogP contribution in [0.5, 0.6) is 0 Å². The van der Waals surface area contributed by atoms with Crippen LogP contribution < -0.4 is 10.6 Å². The second-order valence-electron chi connectivity index (χ2n) is 10.4. The molecule has 2 amide bonds.